The molecule has 1 heterocycles. The van der Waals surface area contributed by atoms with Crippen LogP contribution in [0.5, 0.6) is 0 Å². The van der Waals surface area contributed by atoms with E-state index in [1.165, 1.54) is 0 Å². The van der Waals surface area contributed by atoms with Crippen molar-refractivity contribution < 1.29 is 9.94 Å². The summed E-state index contributed by atoms with van der Waals surface area (Å²) < 4.78 is 0. The van der Waals surface area contributed by atoms with Gasteiger partial charge in [0.15, 0.2) is 0 Å². The first kappa shape index (κ1) is 17.9. The average molecular weight is 359 g/mol. The number of likely N-dealkylation sites (N-methyl/N-ethyl adjacent to an activating group) is 1. The molecule has 1 aliphatic rings. The largest absolute Gasteiger partial charge is 0.390 e. The Hall–Kier alpha value is -1.88. The molecule has 4 nitrogen and oxygen atoms in total. The number of oxime groups is 1. The van der Waals surface area contributed by atoms with Gasteiger partial charge in [-0.05, 0) is 29.8 Å². The third kappa shape index (κ3) is 4.82. The molecule has 0 aliphatic carbocycles. The van der Waals surface area contributed by atoms with E-state index in [2.05, 4.69) is 17.0 Å². The predicted octanol–water partition coefficient (Wildman–Crippen LogP) is 3.89. The smallest absolute Gasteiger partial charge is 0.145 e. The number of hydrogen-bond donors (Lipinski definition) is 1. The van der Waals surface area contributed by atoms with Crippen molar-refractivity contribution in [1.82, 2.24) is 4.90 Å². The number of nitrogens with zero attached hydrogens (tertiary/aromatic N) is 2. The summed E-state index contributed by atoms with van der Waals surface area (Å²) >= 11 is 5.93. The predicted molar refractivity (Wildman–Crippen MR) is 101 cm³/mol. The van der Waals surface area contributed by atoms with Gasteiger partial charge in [-0.1, -0.05) is 66.1 Å². The third-order valence-electron chi connectivity index (χ3n) is 4.43. The molecule has 0 fully saturated rings. The minimum Gasteiger partial charge on any atom is -0.390 e. The zero-order valence-corrected chi connectivity index (χ0v) is 15.1. The van der Waals surface area contributed by atoms with Gasteiger partial charge in [-0.3, -0.25) is 4.90 Å². The molecule has 0 bridgehead atoms. The van der Waals surface area contributed by atoms with Gasteiger partial charge in [0.1, 0.15) is 6.10 Å². The highest BCUT2D eigenvalue weighted by Gasteiger charge is 2.25. The van der Waals surface area contributed by atoms with Crippen LogP contribution in [0.4, 0.5) is 0 Å². The molecule has 0 aromatic heterocycles. The topological polar surface area (TPSA) is 45.1 Å². The van der Waals surface area contributed by atoms with Crippen LogP contribution < -0.4 is 0 Å². The first-order chi connectivity index (χ1) is 12.2. The van der Waals surface area contributed by atoms with E-state index in [0.29, 0.717) is 11.6 Å². The Bertz CT molecular complexity index is 703. The highest BCUT2D eigenvalue weighted by Crippen LogP contribution is 2.20. The van der Waals surface area contributed by atoms with Crippen LogP contribution in [-0.2, 0) is 4.84 Å². The van der Waals surface area contributed by atoms with E-state index < -0.39 is 6.10 Å². The molecule has 0 saturated heterocycles. The van der Waals surface area contributed by atoms with Gasteiger partial charge >= 0.3 is 0 Å². The number of aliphatic hydroxyl groups excluding tert-OH is 1. The molecule has 5 heteroatoms. The van der Waals surface area contributed by atoms with E-state index in [4.69, 9.17) is 16.4 Å². The molecule has 0 saturated carbocycles. The van der Waals surface area contributed by atoms with Gasteiger partial charge in [-0.25, -0.2) is 0 Å². The Balaban J connectivity index is 1.54. The highest BCUT2D eigenvalue weighted by atomic mass is 35.5. The maximum absolute atomic E-state index is 10.4. The van der Waals surface area contributed by atoms with Crippen LogP contribution in [0.1, 0.15) is 30.6 Å². The number of benzene rings is 2. The molecule has 3 rings (SSSR count). The summed E-state index contributed by atoms with van der Waals surface area (Å²) in [6.07, 6.45) is 0.271. The van der Waals surface area contributed by atoms with Gasteiger partial charge in [0, 0.05) is 24.5 Å². The standard InChI is InChI=1S/C20H23ClN2O2/c1-2-23(14-20(24)16-6-4-3-5-7-16)13-18-12-19(22-25-18)15-8-10-17(21)11-9-15/h3-11,18,20,24H,2,12-14H2,1H3/t18-,20+/m1/s1. The molecular weight excluding hydrogens is 336 g/mol. The Kier molecular flexibility index (Phi) is 6.08. The first-order valence-corrected chi connectivity index (χ1v) is 8.97. The van der Waals surface area contributed by atoms with Crippen molar-refractivity contribution >= 4 is 17.3 Å². The van der Waals surface area contributed by atoms with Gasteiger partial charge in [-0.15, -0.1) is 0 Å². The fourth-order valence-electron chi connectivity index (χ4n) is 2.98. The van der Waals surface area contributed by atoms with Crippen molar-refractivity contribution in [2.75, 3.05) is 19.6 Å². The van der Waals surface area contributed by atoms with E-state index in [1.54, 1.807) is 0 Å². The Labute approximate surface area is 153 Å². The lowest BCUT2D eigenvalue weighted by Crippen LogP contribution is -2.35. The Morgan fingerprint density at radius 1 is 1.20 bits per heavy atom. The third-order valence-corrected chi connectivity index (χ3v) is 4.69. The zero-order valence-electron chi connectivity index (χ0n) is 14.3. The van der Waals surface area contributed by atoms with Gasteiger partial charge in [0.25, 0.3) is 0 Å². The average Bonchev–Trinajstić information content (AvgIpc) is 3.11. The lowest BCUT2D eigenvalue weighted by atomic mass is 10.0. The normalized spacial score (nSPS) is 18.1. The summed E-state index contributed by atoms with van der Waals surface area (Å²) in [7, 11) is 0. The van der Waals surface area contributed by atoms with Crippen molar-refractivity contribution in [3.63, 3.8) is 0 Å². The van der Waals surface area contributed by atoms with E-state index in [1.807, 2.05) is 54.6 Å². The van der Waals surface area contributed by atoms with Gasteiger partial charge in [0.2, 0.25) is 0 Å². The minimum atomic E-state index is -0.501. The van der Waals surface area contributed by atoms with Crippen LogP contribution in [-0.4, -0.2) is 41.5 Å². The lowest BCUT2D eigenvalue weighted by Gasteiger charge is -2.25. The van der Waals surface area contributed by atoms with E-state index >= 15 is 0 Å². The van der Waals surface area contributed by atoms with Crippen molar-refractivity contribution in [1.29, 1.82) is 0 Å². The van der Waals surface area contributed by atoms with Gasteiger partial charge in [0.05, 0.1) is 11.8 Å². The minimum absolute atomic E-state index is 0.00796. The van der Waals surface area contributed by atoms with Crippen LogP contribution in [0.2, 0.25) is 5.02 Å². The Morgan fingerprint density at radius 3 is 2.60 bits per heavy atom. The van der Waals surface area contributed by atoms with E-state index in [-0.39, 0.29) is 6.10 Å². The van der Waals surface area contributed by atoms with E-state index in [0.717, 1.165) is 36.3 Å². The second kappa shape index (κ2) is 8.48. The molecule has 0 radical (unpaired) electrons. The monoisotopic (exact) mass is 358 g/mol. The second-order valence-electron chi connectivity index (χ2n) is 6.26. The summed E-state index contributed by atoms with van der Waals surface area (Å²) in [6.45, 7) is 4.26. The molecule has 132 valence electrons. The van der Waals surface area contributed by atoms with Crippen LogP contribution in [0.3, 0.4) is 0 Å². The molecule has 2 atom stereocenters. The molecule has 1 N–H and O–H groups in total. The molecular formula is C20H23ClN2O2. The van der Waals surface area contributed by atoms with Gasteiger partial charge in [-0.2, -0.15) is 0 Å². The fraction of sp³-hybridized carbons (Fsp3) is 0.350. The van der Waals surface area contributed by atoms with Crippen LogP contribution >= 0.6 is 11.6 Å². The SMILES string of the molecule is CCN(C[C@H]1CC(c2ccc(Cl)cc2)=NO1)C[C@H](O)c1ccccc1. The molecule has 2 aromatic rings. The molecule has 2 aromatic carbocycles. The lowest BCUT2D eigenvalue weighted by molar-refractivity contribution is 0.0366. The molecule has 1 aliphatic heterocycles. The molecule has 0 unspecified atom stereocenters. The quantitative estimate of drug-likeness (QED) is 0.816. The zero-order chi connectivity index (χ0) is 17.6. The maximum Gasteiger partial charge on any atom is 0.145 e. The van der Waals surface area contributed by atoms with Crippen LogP contribution in [0.25, 0.3) is 0 Å². The number of hydrogen-bond acceptors (Lipinski definition) is 4. The van der Waals surface area contributed by atoms with Crippen LogP contribution in [0.15, 0.2) is 59.8 Å². The molecule has 0 spiro atoms. The highest BCUT2D eigenvalue weighted by molar-refractivity contribution is 6.30. The maximum atomic E-state index is 10.4. The number of halogens is 1. The fourth-order valence-corrected chi connectivity index (χ4v) is 3.11. The van der Waals surface area contributed by atoms with Gasteiger partial charge < -0.3 is 9.94 Å². The Morgan fingerprint density at radius 2 is 1.92 bits per heavy atom. The number of aliphatic hydroxyl groups is 1. The summed E-state index contributed by atoms with van der Waals surface area (Å²) in [5.74, 6) is 0. The summed E-state index contributed by atoms with van der Waals surface area (Å²) in [6, 6.07) is 17.4. The first-order valence-electron chi connectivity index (χ1n) is 8.59. The van der Waals surface area contributed by atoms with Crippen molar-refractivity contribution in [2.24, 2.45) is 5.16 Å². The number of rotatable bonds is 7. The summed E-state index contributed by atoms with van der Waals surface area (Å²) in [5.41, 5.74) is 2.92. The van der Waals surface area contributed by atoms with E-state index in [9.17, 15) is 5.11 Å². The van der Waals surface area contributed by atoms with Crippen molar-refractivity contribution in [3.8, 4) is 0 Å². The summed E-state index contributed by atoms with van der Waals surface area (Å²) in [5, 5.41) is 15.4. The van der Waals surface area contributed by atoms with Crippen molar-refractivity contribution in [3.05, 3.63) is 70.7 Å². The van der Waals surface area contributed by atoms with Crippen molar-refractivity contribution in [2.45, 2.75) is 25.6 Å². The molecule has 0 amide bonds. The second-order valence-corrected chi connectivity index (χ2v) is 6.69. The molecule has 25 heavy (non-hydrogen) atoms. The summed E-state index contributed by atoms with van der Waals surface area (Å²) in [4.78, 5) is 7.80. The van der Waals surface area contributed by atoms with Crippen LogP contribution in [0, 0.1) is 0 Å².